The number of hydrogen-bond donors (Lipinski definition) is 1. The summed E-state index contributed by atoms with van der Waals surface area (Å²) >= 11 is 0. The first-order chi connectivity index (χ1) is 17.0. The smallest absolute Gasteiger partial charge is 0.277 e. The number of imidazole rings is 1. The summed E-state index contributed by atoms with van der Waals surface area (Å²) in [6, 6.07) is 9.73. The van der Waals surface area contributed by atoms with E-state index in [0.717, 1.165) is 42.7 Å². The first kappa shape index (κ1) is 21.8. The third kappa shape index (κ3) is 3.58. The zero-order chi connectivity index (χ0) is 24.1. The molecule has 2 N–H and O–H groups in total. The van der Waals surface area contributed by atoms with E-state index in [0.29, 0.717) is 47.7 Å². The zero-order valence-electron chi connectivity index (χ0n) is 19.7. The Morgan fingerprint density at radius 1 is 1.14 bits per heavy atom. The van der Waals surface area contributed by atoms with Crippen LogP contribution in [-0.4, -0.2) is 50.6 Å². The molecule has 4 aromatic rings. The van der Waals surface area contributed by atoms with E-state index in [-0.39, 0.29) is 23.9 Å². The lowest BCUT2D eigenvalue weighted by molar-refractivity contribution is 0.0928. The van der Waals surface area contributed by atoms with Gasteiger partial charge >= 0.3 is 0 Å². The predicted octanol–water partition coefficient (Wildman–Crippen LogP) is 2.71. The van der Waals surface area contributed by atoms with Crippen molar-refractivity contribution < 1.29 is 9.53 Å². The lowest BCUT2D eigenvalue weighted by Gasteiger charge is -2.31. The number of benzene rings is 1. The molecule has 0 spiro atoms. The molecule has 0 bridgehead atoms. The number of rotatable bonds is 4. The number of ketones is 1. The number of anilines is 1. The number of hydrogen-bond acceptors (Lipinski definition) is 7. The van der Waals surface area contributed by atoms with E-state index in [9.17, 15) is 9.59 Å². The van der Waals surface area contributed by atoms with Crippen LogP contribution in [0.2, 0.25) is 0 Å². The van der Waals surface area contributed by atoms with Gasteiger partial charge in [-0.15, -0.1) is 0 Å². The molecule has 2 aliphatic heterocycles. The second-order valence-electron chi connectivity index (χ2n) is 9.29. The van der Waals surface area contributed by atoms with Gasteiger partial charge in [-0.3, -0.25) is 9.59 Å². The van der Waals surface area contributed by atoms with Crippen LogP contribution in [0.25, 0.3) is 21.8 Å². The second-order valence-corrected chi connectivity index (χ2v) is 9.29. The van der Waals surface area contributed by atoms with E-state index >= 15 is 0 Å². The van der Waals surface area contributed by atoms with Crippen molar-refractivity contribution in [2.75, 3.05) is 24.6 Å². The first-order valence-corrected chi connectivity index (χ1v) is 12.2. The standard InChI is InChI=1S/C26H28N6O3/c1-2-32-23-19(29-26(32)31-11-5-6-16(27)14-31)9-12-30(25(23)34)15-20-17-7-3-4-8-18(17)24-22(28-20)21(33)10-13-35-24/h3-4,7-9,12,16H,2,5-6,10-11,13-15,27H2,1H3. The quantitative estimate of drug-likeness (QED) is 0.486. The Morgan fingerprint density at radius 2 is 1.97 bits per heavy atom. The SMILES string of the molecule is CCn1c(N2CCCC(N)C2)nc2ccn(Cc3nc4c(c5ccccc35)OCCC4=O)c(=O)c21. The van der Waals surface area contributed by atoms with E-state index in [4.69, 9.17) is 15.5 Å². The number of nitrogens with zero attached hydrogens (tertiary/aromatic N) is 5. The van der Waals surface area contributed by atoms with Crippen molar-refractivity contribution in [3.63, 3.8) is 0 Å². The number of pyridine rings is 2. The molecule has 3 aromatic heterocycles. The van der Waals surface area contributed by atoms with Gasteiger partial charge in [0.15, 0.2) is 11.5 Å². The van der Waals surface area contributed by atoms with Crippen molar-refractivity contribution in [2.45, 2.75) is 45.3 Å². The highest BCUT2D eigenvalue weighted by molar-refractivity contribution is 6.04. The number of nitrogens with two attached hydrogens (primary N) is 1. The molecule has 5 heterocycles. The van der Waals surface area contributed by atoms with E-state index in [1.54, 1.807) is 10.8 Å². The minimum absolute atomic E-state index is 0.0329. The predicted molar refractivity (Wildman–Crippen MR) is 134 cm³/mol. The van der Waals surface area contributed by atoms with Crippen molar-refractivity contribution in [1.82, 2.24) is 19.1 Å². The van der Waals surface area contributed by atoms with Crippen LogP contribution in [-0.2, 0) is 13.1 Å². The molecular weight excluding hydrogens is 444 g/mol. The number of carbonyl (C=O) groups excluding carboxylic acids is 1. The van der Waals surface area contributed by atoms with E-state index < -0.39 is 0 Å². The molecule has 1 atom stereocenters. The summed E-state index contributed by atoms with van der Waals surface area (Å²) in [5, 5.41) is 1.72. The number of aromatic nitrogens is 4. The number of piperidine rings is 1. The summed E-state index contributed by atoms with van der Waals surface area (Å²) in [4.78, 5) is 38.0. The Balaban J connectivity index is 1.46. The highest BCUT2D eigenvalue weighted by atomic mass is 16.5. The van der Waals surface area contributed by atoms with Gasteiger partial charge in [0.05, 0.1) is 24.4 Å². The molecule has 0 radical (unpaired) electrons. The monoisotopic (exact) mass is 472 g/mol. The summed E-state index contributed by atoms with van der Waals surface area (Å²) in [7, 11) is 0. The molecule has 9 nitrogen and oxygen atoms in total. The Labute approximate surface area is 202 Å². The highest BCUT2D eigenvalue weighted by Crippen LogP contribution is 2.34. The molecule has 6 rings (SSSR count). The minimum atomic E-state index is -0.129. The Morgan fingerprint density at radius 3 is 2.77 bits per heavy atom. The molecular formula is C26H28N6O3. The highest BCUT2D eigenvalue weighted by Gasteiger charge is 2.26. The molecule has 1 fully saturated rings. The van der Waals surface area contributed by atoms with Gasteiger partial charge in [-0.05, 0) is 25.8 Å². The normalized spacial score (nSPS) is 18.2. The number of ether oxygens (including phenoxy) is 1. The topological polar surface area (TPSA) is 108 Å². The summed E-state index contributed by atoms with van der Waals surface area (Å²) in [6.07, 6.45) is 4.09. The van der Waals surface area contributed by atoms with Gasteiger partial charge in [-0.2, -0.15) is 0 Å². The summed E-state index contributed by atoms with van der Waals surface area (Å²) in [6.45, 7) is 4.87. The fourth-order valence-electron chi connectivity index (χ4n) is 5.31. The first-order valence-electron chi connectivity index (χ1n) is 12.2. The van der Waals surface area contributed by atoms with Gasteiger partial charge < -0.3 is 24.5 Å². The van der Waals surface area contributed by atoms with Crippen molar-refractivity contribution in [3.8, 4) is 5.75 Å². The van der Waals surface area contributed by atoms with E-state index in [1.807, 2.05) is 41.8 Å². The van der Waals surface area contributed by atoms with Crippen molar-refractivity contribution >= 4 is 33.5 Å². The van der Waals surface area contributed by atoms with Crippen molar-refractivity contribution in [3.05, 3.63) is 58.3 Å². The van der Waals surface area contributed by atoms with Crippen molar-refractivity contribution in [2.24, 2.45) is 5.73 Å². The molecule has 180 valence electrons. The molecule has 0 amide bonds. The van der Waals surface area contributed by atoms with Gasteiger partial charge in [0.25, 0.3) is 5.56 Å². The van der Waals surface area contributed by atoms with Crippen LogP contribution < -0.4 is 20.9 Å². The van der Waals surface area contributed by atoms with E-state index in [1.165, 1.54) is 0 Å². The van der Waals surface area contributed by atoms with Crippen LogP contribution >= 0.6 is 0 Å². The Hall–Kier alpha value is -3.72. The average molecular weight is 473 g/mol. The summed E-state index contributed by atoms with van der Waals surface area (Å²) < 4.78 is 9.45. The third-order valence-corrected chi connectivity index (χ3v) is 7.01. The fraction of sp³-hybridized carbons (Fsp3) is 0.385. The van der Waals surface area contributed by atoms with Crippen molar-refractivity contribution in [1.29, 1.82) is 0 Å². The molecule has 2 aliphatic rings. The molecule has 0 aliphatic carbocycles. The van der Waals surface area contributed by atoms with Gasteiger partial charge in [-0.25, -0.2) is 9.97 Å². The molecule has 1 aromatic carbocycles. The molecule has 1 unspecified atom stereocenters. The maximum atomic E-state index is 13.7. The van der Waals surface area contributed by atoms with Gasteiger partial charge in [0, 0.05) is 49.1 Å². The summed E-state index contributed by atoms with van der Waals surface area (Å²) in [5.74, 6) is 1.30. The molecule has 1 saturated heterocycles. The van der Waals surface area contributed by atoms with Crippen LogP contribution in [0.5, 0.6) is 5.75 Å². The number of fused-ring (bicyclic) bond motifs is 4. The molecule has 9 heteroatoms. The van der Waals surface area contributed by atoms with Crippen LogP contribution in [0.3, 0.4) is 0 Å². The van der Waals surface area contributed by atoms with Gasteiger partial charge in [0.2, 0.25) is 5.95 Å². The fourth-order valence-corrected chi connectivity index (χ4v) is 5.31. The Bertz CT molecular complexity index is 1520. The zero-order valence-corrected chi connectivity index (χ0v) is 19.7. The van der Waals surface area contributed by atoms with Crippen LogP contribution in [0.15, 0.2) is 41.3 Å². The molecule has 0 saturated carbocycles. The average Bonchev–Trinajstić information content (AvgIpc) is 3.26. The Kier molecular flexibility index (Phi) is 5.29. The summed E-state index contributed by atoms with van der Waals surface area (Å²) in [5.41, 5.74) is 8.35. The lowest BCUT2D eigenvalue weighted by atomic mass is 10.0. The van der Waals surface area contributed by atoms with Crippen LogP contribution in [0.4, 0.5) is 5.95 Å². The van der Waals surface area contributed by atoms with Gasteiger partial charge in [-0.1, -0.05) is 24.3 Å². The van der Waals surface area contributed by atoms with Crippen LogP contribution in [0, 0.1) is 0 Å². The third-order valence-electron chi connectivity index (χ3n) is 7.01. The number of Topliss-reactive ketones (excluding diaryl/α,β-unsaturated/α-hetero) is 1. The largest absolute Gasteiger partial charge is 0.490 e. The number of carbonyl (C=O) groups is 1. The molecule has 35 heavy (non-hydrogen) atoms. The minimum Gasteiger partial charge on any atom is -0.490 e. The van der Waals surface area contributed by atoms with Gasteiger partial charge in [0.1, 0.15) is 11.2 Å². The second kappa shape index (κ2) is 8.49. The lowest BCUT2D eigenvalue weighted by Crippen LogP contribution is -2.44. The maximum Gasteiger partial charge on any atom is 0.277 e. The van der Waals surface area contributed by atoms with E-state index in [2.05, 4.69) is 9.88 Å². The number of aryl methyl sites for hydroxylation is 1. The van der Waals surface area contributed by atoms with Crippen LogP contribution in [0.1, 0.15) is 42.4 Å². The maximum absolute atomic E-state index is 13.7.